The van der Waals surface area contributed by atoms with Gasteiger partial charge in [0.25, 0.3) is 0 Å². The number of rotatable bonds is 2. The summed E-state index contributed by atoms with van der Waals surface area (Å²) in [5.41, 5.74) is 0.337. The largest absolute Gasteiger partial charge is 0.345 e. The van der Waals surface area contributed by atoms with Gasteiger partial charge in [0.2, 0.25) is 0 Å². The zero-order chi connectivity index (χ0) is 17.0. The second kappa shape index (κ2) is 7.67. The molecule has 2 amide bonds. The number of hydrogen-bond donors (Lipinski definition) is 2. The number of carbonyl (C=O) groups excluding carboxylic acids is 2. The SMILES string of the molecule is C[C@@H]1CCCC[C@H]1NC(=O)C(=O)NC1CCC(C(C)(C)C)CC1. The molecule has 132 valence electrons. The summed E-state index contributed by atoms with van der Waals surface area (Å²) in [4.78, 5) is 24.3. The second-order valence-corrected chi connectivity index (χ2v) is 8.73. The molecule has 0 aromatic rings. The van der Waals surface area contributed by atoms with Crippen LogP contribution in [-0.2, 0) is 9.59 Å². The molecule has 4 heteroatoms. The normalized spacial score (nSPS) is 32.2. The minimum atomic E-state index is -0.443. The third kappa shape index (κ3) is 5.22. The molecule has 0 radical (unpaired) electrons. The van der Waals surface area contributed by atoms with Crippen LogP contribution in [0.2, 0.25) is 0 Å². The number of hydrogen-bond acceptors (Lipinski definition) is 2. The van der Waals surface area contributed by atoms with Crippen molar-refractivity contribution in [1.29, 1.82) is 0 Å². The molecule has 0 aromatic heterocycles. The van der Waals surface area contributed by atoms with Gasteiger partial charge in [0.05, 0.1) is 0 Å². The summed E-state index contributed by atoms with van der Waals surface area (Å²) in [6.07, 6.45) is 8.76. The van der Waals surface area contributed by atoms with Crippen molar-refractivity contribution in [2.45, 2.75) is 91.1 Å². The molecule has 2 N–H and O–H groups in total. The van der Waals surface area contributed by atoms with Gasteiger partial charge in [-0.2, -0.15) is 0 Å². The lowest BCUT2D eigenvalue weighted by molar-refractivity contribution is -0.140. The molecule has 4 nitrogen and oxygen atoms in total. The predicted octanol–water partition coefficient (Wildman–Crippen LogP) is 3.40. The molecule has 0 aliphatic heterocycles. The van der Waals surface area contributed by atoms with E-state index in [-0.39, 0.29) is 12.1 Å². The summed E-state index contributed by atoms with van der Waals surface area (Å²) in [7, 11) is 0. The van der Waals surface area contributed by atoms with E-state index in [1.54, 1.807) is 0 Å². The molecule has 2 saturated carbocycles. The van der Waals surface area contributed by atoms with Gasteiger partial charge in [-0.1, -0.05) is 40.5 Å². The van der Waals surface area contributed by atoms with E-state index in [4.69, 9.17) is 0 Å². The van der Waals surface area contributed by atoms with Gasteiger partial charge in [-0.15, -0.1) is 0 Å². The van der Waals surface area contributed by atoms with Crippen LogP contribution in [-0.4, -0.2) is 23.9 Å². The fraction of sp³-hybridized carbons (Fsp3) is 0.895. The fourth-order valence-electron chi connectivity index (χ4n) is 4.12. The molecule has 2 fully saturated rings. The van der Waals surface area contributed by atoms with Crippen LogP contribution in [0.15, 0.2) is 0 Å². The van der Waals surface area contributed by atoms with Gasteiger partial charge in [0.1, 0.15) is 0 Å². The van der Waals surface area contributed by atoms with Crippen LogP contribution in [0.1, 0.15) is 79.1 Å². The second-order valence-electron chi connectivity index (χ2n) is 8.73. The molecule has 2 atom stereocenters. The molecule has 2 rings (SSSR count). The Morgan fingerprint density at radius 1 is 0.826 bits per heavy atom. The molecule has 0 saturated heterocycles. The Hall–Kier alpha value is -1.06. The van der Waals surface area contributed by atoms with Gasteiger partial charge >= 0.3 is 11.8 Å². The minimum Gasteiger partial charge on any atom is -0.345 e. The third-order valence-corrected chi connectivity index (χ3v) is 5.92. The Bertz CT molecular complexity index is 420. The maximum atomic E-state index is 12.1. The standard InChI is InChI=1S/C19H34N2O2/c1-13-7-5-6-8-16(13)21-18(23)17(22)20-15-11-9-14(10-12-15)19(2,3)4/h13-16H,5-12H2,1-4H3,(H,20,22)(H,21,23)/t13-,14?,15?,16-/m1/s1. The Labute approximate surface area is 141 Å². The topological polar surface area (TPSA) is 58.2 Å². The third-order valence-electron chi connectivity index (χ3n) is 5.92. The highest BCUT2D eigenvalue weighted by molar-refractivity contribution is 6.35. The van der Waals surface area contributed by atoms with Gasteiger partial charge in [-0.3, -0.25) is 9.59 Å². The zero-order valence-electron chi connectivity index (χ0n) is 15.3. The summed E-state index contributed by atoms with van der Waals surface area (Å²) < 4.78 is 0. The lowest BCUT2D eigenvalue weighted by Gasteiger charge is -2.37. The van der Waals surface area contributed by atoms with E-state index in [2.05, 4.69) is 38.3 Å². The van der Waals surface area contributed by atoms with Crippen molar-refractivity contribution in [3.8, 4) is 0 Å². The Balaban J connectivity index is 1.75. The average Bonchev–Trinajstić information content (AvgIpc) is 2.49. The first-order valence-electron chi connectivity index (χ1n) is 9.38. The van der Waals surface area contributed by atoms with Crippen LogP contribution >= 0.6 is 0 Å². The van der Waals surface area contributed by atoms with Crippen LogP contribution in [0.5, 0.6) is 0 Å². The molecule has 0 unspecified atom stereocenters. The van der Waals surface area contributed by atoms with Crippen LogP contribution in [0.25, 0.3) is 0 Å². The van der Waals surface area contributed by atoms with Crippen LogP contribution in [0.3, 0.4) is 0 Å². The lowest BCUT2D eigenvalue weighted by atomic mass is 9.71. The van der Waals surface area contributed by atoms with Gasteiger partial charge in [0.15, 0.2) is 0 Å². The van der Waals surface area contributed by atoms with Crippen molar-refractivity contribution in [1.82, 2.24) is 10.6 Å². The predicted molar refractivity (Wildman–Crippen MR) is 92.9 cm³/mol. The summed E-state index contributed by atoms with van der Waals surface area (Å²) in [6.45, 7) is 9.02. The highest BCUT2D eigenvalue weighted by Crippen LogP contribution is 2.37. The van der Waals surface area contributed by atoms with Crippen molar-refractivity contribution in [3.63, 3.8) is 0 Å². The van der Waals surface area contributed by atoms with Crippen molar-refractivity contribution >= 4 is 11.8 Å². The van der Waals surface area contributed by atoms with Gasteiger partial charge < -0.3 is 10.6 Å². The van der Waals surface area contributed by atoms with E-state index < -0.39 is 11.8 Å². The maximum Gasteiger partial charge on any atom is 0.309 e. The highest BCUT2D eigenvalue weighted by atomic mass is 16.2. The summed E-state index contributed by atoms with van der Waals surface area (Å²) in [5, 5.41) is 5.88. The summed E-state index contributed by atoms with van der Waals surface area (Å²) in [6, 6.07) is 0.328. The van der Waals surface area contributed by atoms with Crippen LogP contribution < -0.4 is 10.6 Å². The van der Waals surface area contributed by atoms with Crippen molar-refractivity contribution in [2.75, 3.05) is 0 Å². The van der Waals surface area contributed by atoms with E-state index in [0.29, 0.717) is 17.3 Å². The van der Waals surface area contributed by atoms with Gasteiger partial charge in [0, 0.05) is 12.1 Å². The molecular weight excluding hydrogens is 288 g/mol. The molecule has 0 spiro atoms. The van der Waals surface area contributed by atoms with Crippen molar-refractivity contribution in [3.05, 3.63) is 0 Å². The van der Waals surface area contributed by atoms with Gasteiger partial charge in [-0.25, -0.2) is 0 Å². The van der Waals surface area contributed by atoms with E-state index in [1.165, 1.54) is 6.42 Å². The molecule has 0 bridgehead atoms. The lowest BCUT2D eigenvalue weighted by Crippen LogP contribution is -2.50. The van der Waals surface area contributed by atoms with Crippen LogP contribution in [0, 0.1) is 17.3 Å². The molecule has 23 heavy (non-hydrogen) atoms. The first kappa shape index (κ1) is 18.3. The first-order valence-corrected chi connectivity index (χ1v) is 9.38. The van der Waals surface area contributed by atoms with Crippen LogP contribution in [0.4, 0.5) is 0 Å². The highest BCUT2D eigenvalue weighted by Gasteiger charge is 2.31. The first-order chi connectivity index (χ1) is 10.8. The molecule has 0 heterocycles. The van der Waals surface area contributed by atoms with E-state index in [0.717, 1.165) is 44.9 Å². The molecule has 2 aliphatic carbocycles. The summed E-state index contributed by atoms with van der Waals surface area (Å²) in [5.74, 6) is 0.305. The van der Waals surface area contributed by atoms with E-state index >= 15 is 0 Å². The van der Waals surface area contributed by atoms with E-state index in [9.17, 15) is 9.59 Å². The number of amides is 2. The zero-order valence-corrected chi connectivity index (χ0v) is 15.3. The Morgan fingerprint density at radius 2 is 1.39 bits per heavy atom. The fourth-order valence-corrected chi connectivity index (χ4v) is 4.12. The van der Waals surface area contributed by atoms with E-state index in [1.807, 2.05) is 0 Å². The summed E-state index contributed by atoms with van der Waals surface area (Å²) >= 11 is 0. The monoisotopic (exact) mass is 322 g/mol. The van der Waals surface area contributed by atoms with Crippen molar-refractivity contribution < 1.29 is 9.59 Å². The molecule has 2 aliphatic rings. The quantitative estimate of drug-likeness (QED) is 0.766. The van der Waals surface area contributed by atoms with Gasteiger partial charge in [-0.05, 0) is 55.8 Å². The minimum absolute atomic E-state index is 0.163. The molecule has 0 aromatic carbocycles. The number of carbonyl (C=O) groups is 2. The average molecular weight is 322 g/mol. The smallest absolute Gasteiger partial charge is 0.309 e. The Morgan fingerprint density at radius 3 is 1.96 bits per heavy atom. The number of nitrogens with one attached hydrogen (secondary N) is 2. The van der Waals surface area contributed by atoms with Crippen molar-refractivity contribution in [2.24, 2.45) is 17.3 Å². The maximum absolute atomic E-state index is 12.1. The Kier molecular flexibility index (Phi) is 6.10. The molecular formula is C19H34N2O2.